The molecule has 0 unspecified atom stereocenters. The van der Waals surface area contributed by atoms with Crippen molar-refractivity contribution in [3.63, 3.8) is 0 Å². The highest BCUT2D eigenvalue weighted by molar-refractivity contribution is 7.99. The molecule has 0 saturated carbocycles. The number of halogens is 1. The topological polar surface area (TPSA) is 92.8 Å². The molecular weight excluding hydrogens is 478 g/mol. The molecule has 172 valence electrons. The minimum atomic E-state index is -0.157. The van der Waals surface area contributed by atoms with Crippen LogP contribution in [-0.2, 0) is 30.8 Å². The lowest BCUT2D eigenvalue weighted by atomic mass is 9.96. The van der Waals surface area contributed by atoms with Crippen molar-refractivity contribution in [3.8, 4) is 11.8 Å². The van der Waals surface area contributed by atoms with Gasteiger partial charge in [-0.3, -0.25) is 4.79 Å². The van der Waals surface area contributed by atoms with Crippen molar-refractivity contribution in [1.29, 1.82) is 5.26 Å². The minimum Gasteiger partial charge on any atom is -0.485 e. The molecule has 0 aliphatic heterocycles. The number of fused-ring (bicyclic) bond motifs is 1. The fraction of sp³-hybridized carbons (Fsp3) is 0.391. The maximum Gasteiger partial charge on any atom is 0.235 e. The molecule has 2 heterocycles. The first kappa shape index (κ1) is 23.6. The molecular formula is C23H24ClN5O2S2. The van der Waals surface area contributed by atoms with Crippen LogP contribution in [0.5, 0.6) is 5.75 Å². The van der Waals surface area contributed by atoms with Gasteiger partial charge in [0.05, 0.1) is 11.3 Å². The molecule has 1 aromatic carbocycles. The van der Waals surface area contributed by atoms with Gasteiger partial charge in [0, 0.05) is 16.4 Å². The lowest BCUT2D eigenvalue weighted by Gasteiger charge is -2.10. The Morgan fingerprint density at radius 1 is 1.36 bits per heavy atom. The molecule has 3 aromatic rings. The molecule has 1 amide bonds. The van der Waals surface area contributed by atoms with Gasteiger partial charge in [-0.25, -0.2) is 0 Å². The van der Waals surface area contributed by atoms with Gasteiger partial charge in [-0.1, -0.05) is 23.4 Å². The molecule has 0 fully saturated rings. The van der Waals surface area contributed by atoms with E-state index in [4.69, 9.17) is 16.3 Å². The van der Waals surface area contributed by atoms with Crippen LogP contribution in [0, 0.1) is 18.3 Å². The number of benzene rings is 1. The van der Waals surface area contributed by atoms with E-state index < -0.39 is 0 Å². The lowest BCUT2D eigenvalue weighted by Crippen LogP contribution is -2.15. The summed E-state index contributed by atoms with van der Waals surface area (Å²) < 4.78 is 7.84. The van der Waals surface area contributed by atoms with E-state index in [1.165, 1.54) is 28.0 Å². The van der Waals surface area contributed by atoms with E-state index in [1.54, 1.807) is 6.07 Å². The second-order valence-electron chi connectivity index (χ2n) is 7.71. The van der Waals surface area contributed by atoms with Crippen LogP contribution in [-0.4, -0.2) is 26.4 Å². The van der Waals surface area contributed by atoms with Gasteiger partial charge in [0.25, 0.3) is 0 Å². The Morgan fingerprint density at radius 2 is 2.18 bits per heavy atom. The zero-order valence-corrected chi connectivity index (χ0v) is 20.9. The first-order valence-electron chi connectivity index (χ1n) is 10.8. The smallest absolute Gasteiger partial charge is 0.235 e. The SMILES string of the molecule is CCn1c(COc2ccc(Cl)cc2C)nnc1SCC(=O)Nc1sc2c(c1C#N)CCCC2. The van der Waals surface area contributed by atoms with E-state index in [0.29, 0.717) is 33.1 Å². The van der Waals surface area contributed by atoms with E-state index in [2.05, 4.69) is 21.6 Å². The number of amides is 1. The first-order chi connectivity index (χ1) is 16.0. The summed E-state index contributed by atoms with van der Waals surface area (Å²) in [5.41, 5.74) is 2.69. The number of anilines is 1. The van der Waals surface area contributed by atoms with Crippen molar-refractivity contribution in [2.45, 2.75) is 57.8 Å². The summed E-state index contributed by atoms with van der Waals surface area (Å²) in [5, 5.41) is 23.0. The third-order valence-electron chi connectivity index (χ3n) is 5.47. The normalized spacial score (nSPS) is 12.8. The van der Waals surface area contributed by atoms with Crippen LogP contribution in [0.15, 0.2) is 23.4 Å². The van der Waals surface area contributed by atoms with Crippen LogP contribution in [0.1, 0.15) is 47.2 Å². The van der Waals surface area contributed by atoms with E-state index in [-0.39, 0.29) is 18.3 Å². The number of nitrogens with one attached hydrogen (secondary N) is 1. The third kappa shape index (κ3) is 5.35. The molecule has 0 bridgehead atoms. The minimum absolute atomic E-state index is 0.157. The Morgan fingerprint density at radius 3 is 2.94 bits per heavy atom. The highest BCUT2D eigenvalue weighted by Gasteiger charge is 2.22. The van der Waals surface area contributed by atoms with E-state index >= 15 is 0 Å². The summed E-state index contributed by atoms with van der Waals surface area (Å²) in [6.45, 7) is 4.86. The molecule has 1 N–H and O–H groups in total. The van der Waals surface area contributed by atoms with Crippen LogP contribution in [0.25, 0.3) is 0 Å². The summed E-state index contributed by atoms with van der Waals surface area (Å²) in [6, 6.07) is 7.75. The molecule has 0 saturated heterocycles. The van der Waals surface area contributed by atoms with Crippen LogP contribution in [0.4, 0.5) is 5.00 Å². The van der Waals surface area contributed by atoms with E-state index in [1.807, 2.05) is 30.5 Å². The number of carbonyl (C=O) groups excluding carboxylic acids is 1. The summed E-state index contributed by atoms with van der Waals surface area (Å²) in [5.74, 6) is 1.45. The van der Waals surface area contributed by atoms with Crippen molar-refractivity contribution >= 4 is 45.6 Å². The molecule has 1 aliphatic carbocycles. The second kappa shape index (κ2) is 10.6. The van der Waals surface area contributed by atoms with Crippen LogP contribution >= 0.6 is 34.7 Å². The van der Waals surface area contributed by atoms with Crippen molar-refractivity contribution in [3.05, 3.63) is 50.6 Å². The highest BCUT2D eigenvalue weighted by atomic mass is 35.5. The van der Waals surface area contributed by atoms with Gasteiger partial charge >= 0.3 is 0 Å². The third-order valence-corrected chi connectivity index (χ3v) is 7.88. The number of nitriles is 1. The second-order valence-corrected chi connectivity index (χ2v) is 10.2. The first-order valence-corrected chi connectivity index (χ1v) is 13.0. The zero-order valence-electron chi connectivity index (χ0n) is 18.5. The number of aryl methyl sites for hydroxylation is 2. The Kier molecular flexibility index (Phi) is 7.58. The molecule has 0 spiro atoms. The van der Waals surface area contributed by atoms with Crippen LogP contribution in [0.3, 0.4) is 0 Å². The Balaban J connectivity index is 1.38. The van der Waals surface area contributed by atoms with Crippen molar-refractivity contribution in [1.82, 2.24) is 14.8 Å². The van der Waals surface area contributed by atoms with Crippen molar-refractivity contribution in [2.24, 2.45) is 0 Å². The fourth-order valence-corrected chi connectivity index (χ4v) is 6.14. The molecule has 10 heteroatoms. The summed E-state index contributed by atoms with van der Waals surface area (Å²) in [4.78, 5) is 13.9. The maximum absolute atomic E-state index is 12.6. The number of hydrogen-bond donors (Lipinski definition) is 1. The monoisotopic (exact) mass is 501 g/mol. The van der Waals surface area contributed by atoms with Gasteiger partial charge in [0.15, 0.2) is 11.0 Å². The number of thiophene rings is 1. The van der Waals surface area contributed by atoms with Gasteiger partial charge < -0.3 is 14.6 Å². The number of nitrogens with zero attached hydrogens (tertiary/aromatic N) is 4. The summed E-state index contributed by atoms with van der Waals surface area (Å²) in [6.07, 6.45) is 4.13. The highest BCUT2D eigenvalue weighted by Crippen LogP contribution is 2.37. The number of rotatable bonds is 8. The van der Waals surface area contributed by atoms with Gasteiger partial charge in [-0.05, 0) is 68.9 Å². The van der Waals surface area contributed by atoms with Crippen LogP contribution in [0.2, 0.25) is 5.02 Å². The predicted molar refractivity (Wildman–Crippen MR) is 131 cm³/mol. The number of carbonyl (C=O) groups is 1. The zero-order chi connectivity index (χ0) is 23.4. The van der Waals surface area contributed by atoms with Gasteiger partial charge in [0.1, 0.15) is 23.4 Å². The lowest BCUT2D eigenvalue weighted by molar-refractivity contribution is -0.113. The van der Waals surface area contributed by atoms with Gasteiger partial charge in [-0.2, -0.15) is 5.26 Å². The molecule has 1 aliphatic rings. The van der Waals surface area contributed by atoms with Crippen molar-refractivity contribution < 1.29 is 9.53 Å². The van der Waals surface area contributed by atoms with E-state index in [9.17, 15) is 10.1 Å². The number of hydrogen-bond acceptors (Lipinski definition) is 7. The maximum atomic E-state index is 12.6. The van der Waals surface area contributed by atoms with Crippen LogP contribution < -0.4 is 10.1 Å². The average molecular weight is 502 g/mol. The molecule has 4 rings (SSSR count). The Labute approximate surface area is 206 Å². The Hall–Kier alpha value is -2.54. The molecule has 33 heavy (non-hydrogen) atoms. The summed E-state index contributed by atoms with van der Waals surface area (Å²) >= 11 is 8.86. The fourth-order valence-electron chi connectivity index (χ4n) is 3.83. The number of aromatic nitrogens is 3. The molecule has 7 nitrogen and oxygen atoms in total. The quantitative estimate of drug-likeness (QED) is 0.416. The van der Waals surface area contributed by atoms with E-state index in [0.717, 1.165) is 42.6 Å². The van der Waals surface area contributed by atoms with Gasteiger partial charge in [-0.15, -0.1) is 21.5 Å². The molecule has 0 atom stereocenters. The summed E-state index contributed by atoms with van der Waals surface area (Å²) in [7, 11) is 0. The standard InChI is InChI=1S/C23H24ClN5O2S2/c1-3-29-20(12-31-18-9-8-15(24)10-14(18)2)27-28-23(29)32-13-21(30)26-22-17(11-25)16-6-4-5-7-19(16)33-22/h8-10H,3-7,12-13H2,1-2H3,(H,26,30). The number of thioether (sulfide) groups is 1. The Bertz CT molecular complexity index is 1210. The predicted octanol–water partition coefficient (Wildman–Crippen LogP) is 5.38. The molecule has 2 aromatic heterocycles. The largest absolute Gasteiger partial charge is 0.485 e. The van der Waals surface area contributed by atoms with Crippen molar-refractivity contribution in [2.75, 3.05) is 11.1 Å². The molecule has 0 radical (unpaired) electrons. The van der Waals surface area contributed by atoms with Gasteiger partial charge in [0.2, 0.25) is 5.91 Å². The number of ether oxygens (including phenoxy) is 1. The average Bonchev–Trinajstić information content (AvgIpc) is 3.36.